The molecule has 1 aliphatic rings. The van der Waals surface area contributed by atoms with Gasteiger partial charge in [0.1, 0.15) is 11.3 Å². The van der Waals surface area contributed by atoms with Crippen molar-refractivity contribution in [3.05, 3.63) is 11.5 Å². The number of aryl methyl sites for hydroxylation is 2. The summed E-state index contributed by atoms with van der Waals surface area (Å²) in [5.74, 6) is 4.70. The van der Waals surface area contributed by atoms with Crippen molar-refractivity contribution in [3.8, 4) is 0 Å². The molecule has 0 saturated carbocycles. The zero-order valence-corrected chi connectivity index (χ0v) is 15.1. The van der Waals surface area contributed by atoms with Crippen LogP contribution in [0.2, 0.25) is 0 Å². The third-order valence-electron chi connectivity index (χ3n) is 3.75. The van der Waals surface area contributed by atoms with E-state index in [4.69, 9.17) is 16.6 Å². The molecule has 0 aliphatic carbocycles. The second-order valence-electron chi connectivity index (χ2n) is 5.34. The van der Waals surface area contributed by atoms with E-state index in [9.17, 15) is 0 Å². The van der Waals surface area contributed by atoms with Gasteiger partial charge in [-0.2, -0.15) is 28.6 Å². The predicted molar refractivity (Wildman–Crippen MR) is 93.8 cm³/mol. The molecule has 3 rings (SSSR count). The fraction of sp³-hybridized carbons (Fsp3) is 0.714. The lowest BCUT2D eigenvalue weighted by molar-refractivity contribution is 0.608. The van der Waals surface area contributed by atoms with Crippen LogP contribution in [-0.2, 0) is 13.1 Å². The van der Waals surface area contributed by atoms with Crippen molar-refractivity contribution in [2.24, 2.45) is 0 Å². The third kappa shape index (κ3) is 2.94. The zero-order chi connectivity index (χ0) is 15.0. The van der Waals surface area contributed by atoms with Crippen LogP contribution in [0.4, 0.5) is 0 Å². The first kappa shape index (κ1) is 15.6. The van der Waals surface area contributed by atoms with E-state index < -0.39 is 0 Å². The van der Waals surface area contributed by atoms with E-state index in [0.29, 0.717) is 5.25 Å². The van der Waals surface area contributed by atoms with Gasteiger partial charge in [-0.15, -0.1) is 11.6 Å². The van der Waals surface area contributed by atoms with E-state index in [1.165, 1.54) is 17.3 Å². The predicted octanol–water partition coefficient (Wildman–Crippen LogP) is 3.71. The van der Waals surface area contributed by atoms with Crippen molar-refractivity contribution >= 4 is 46.3 Å². The molecule has 1 fully saturated rings. The van der Waals surface area contributed by atoms with E-state index in [2.05, 4.69) is 33.0 Å². The van der Waals surface area contributed by atoms with Crippen LogP contribution < -0.4 is 0 Å². The summed E-state index contributed by atoms with van der Waals surface area (Å²) in [5, 5.41) is 5.16. The van der Waals surface area contributed by atoms with Crippen LogP contribution in [0.25, 0.3) is 11.2 Å². The van der Waals surface area contributed by atoms with Crippen molar-refractivity contribution < 1.29 is 0 Å². The lowest BCUT2D eigenvalue weighted by atomic mass is 10.4. The Morgan fingerprint density at radius 3 is 2.86 bits per heavy atom. The molecule has 0 amide bonds. The number of imidazole rings is 1. The fourth-order valence-electron chi connectivity index (χ4n) is 2.79. The summed E-state index contributed by atoms with van der Waals surface area (Å²) in [7, 11) is 0. The number of thioether (sulfide) groups is 2. The van der Waals surface area contributed by atoms with Crippen LogP contribution in [0.1, 0.15) is 30.7 Å². The van der Waals surface area contributed by atoms with Gasteiger partial charge in [0, 0.05) is 35.6 Å². The summed E-state index contributed by atoms with van der Waals surface area (Å²) in [5.41, 5.74) is 3.14. The molecule has 0 radical (unpaired) electrons. The zero-order valence-electron chi connectivity index (χ0n) is 12.7. The van der Waals surface area contributed by atoms with Crippen LogP contribution in [0.15, 0.2) is 0 Å². The summed E-state index contributed by atoms with van der Waals surface area (Å²) in [6, 6.07) is 0. The van der Waals surface area contributed by atoms with E-state index in [0.717, 1.165) is 35.8 Å². The summed E-state index contributed by atoms with van der Waals surface area (Å²) in [6.07, 6.45) is 0. The van der Waals surface area contributed by atoms with E-state index in [1.807, 2.05) is 25.6 Å². The molecule has 3 heterocycles. The number of fused-ring (bicyclic) bond motifs is 1. The summed E-state index contributed by atoms with van der Waals surface area (Å²) in [4.78, 5) is 4.78. The average Bonchev–Trinajstić information content (AvgIpc) is 2.99. The largest absolute Gasteiger partial charge is 0.311 e. The number of hydrogen-bond acceptors (Lipinski definition) is 4. The van der Waals surface area contributed by atoms with Gasteiger partial charge in [0.15, 0.2) is 5.65 Å². The second-order valence-corrected chi connectivity index (χ2v) is 8.55. The van der Waals surface area contributed by atoms with Crippen molar-refractivity contribution in [1.29, 1.82) is 0 Å². The maximum Gasteiger partial charge on any atom is 0.159 e. The van der Waals surface area contributed by atoms with Gasteiger partial charge in [0.25, 0.3) is 0 Å². The van der Waals surface area contributed by atoms with E-state index in [-0.39, 0.29) is 5.38 Å². The Morgan fingerprint density at radius 1 is 1.43 bits per heavy atom. The molecule has 0 aromatic carbocycles. The molecule has 2 unspecified atom stereocenters. The Hall–Kier alpha value is -0.330. The second kappa shape index (κ2) is 6.42. The summed E-state index contributed by atoms with van der Waals surface area (Å²) < 4.78 is 4.36. The molecule has 4 nitrogen and oxygen atoms in total. The number of hydrogen-bond donors (Lipinski definition) is 0. The molecule has 116 valence electrons. The molecule has 1 saturated heterocycles. The smallest absolute Gasteiger partial charge is 0.159 e. The summed E-state index contributed by atoms with van der Waals surface area (Å²) in [6.45, 7) is 7.99. The van der Waals surface area contributed by atoms with Gasteiger partial charge in [0.05, 0.1) is 11.1 Å². The number of nitrogens with zero attached hydrogens (tertiary/aromatic N) is 4. The Balaban J connectivity index is 2.05. The van der Waals surface area contributed by atoms with Crippen molar-refractivity contribution in [2.45, 2.75) is 44.5 Å². The SMILES string of the molecule is CCn1nc(C)c2nc(C(C)Cl)n(CC3CSCCS3)c21. The van der Waals surface area contributed by atoms with Crippen LogP contribution in [0, 0.1) is 6.92 Å². The highest BCUT2D eigenvalue weighted by Crippen LogP contribution is 2.31. The van der Waals surface area contributed by atoms with E-state index in [1.54, 1.807) is 0 Å². The Bertz CT molecular complexity index is 628. The maximum atomic E-state index is 6.38. The third-order valence-corrected chi connectivity index (χ3v) is 6.78. The average molecular weight is 345 g/mol. The molecule has 0 N–H and O–H groups in total. The van der Waals surface area contributed by atoms with Gasteiger partial charge in [-0.3, -0.25) is 0 Å². The Morgan fingerprint density at radius 2 is 2.24 bits per heavy atom. The quantitative estimate of drug-likeness (QED) is 0.792. The van der Waals surface area contributed by atoms with Gasteiger partial charge < -0.3 is 4.57 Å². The van der Waals surface area contributed by atoms with Gasteiger partial charge in [-0.25, -0.2) is 9.67 Å². The van der Waals surface area contributed by atoms with Crippen molar-refractivity contribution in [3.63, 3.8) is 0 Å². The topological polar surface area (TPSA) is 35.6 Å². The highest BCUT2D eigenvalue weighted by atomic mass is 35.5. The molecule has 0 bridgehead atoms. The molecule has 2 aromatic rings. The minimum absolute atomic E-state index is 0.0802. The van der Waals surface area contributed by atoms with Crippen molar-refractivity contribution in [1.82, 2.24) is 19.3 Å². The molecule has 1 aliphatic heterocycles. The first-order valence-electron chi connectivity index (χ1n) is 7.38. The normalized spacial score (nSPS) is 21.0. The van der Waals surface area contributed by atoms with Gasteiger partial charge in [0.2, 0.25) is 0 Å². The number of rotatable bonds is 4. The lowest BCUT2D eigenvalue weighted by Crippen LogP contribution is -2.22. The molecule has 0 spiro atoms. The molecule has 7 heteroatoms. The Kier molecular flexibility index (Phi) is 4.76. The fourth-order valence-corrected chi connectivity index (χ4v) is 5.61. The molecular formula is C14H21ClN4S2. The molecule has 21 heavy (non-hydrogen) atoms. The highest BCUT2D eigenvalue weighted by molar-refractivity contribution is 8.06. The minimum atomic E-state index is -0.0802. The Labute approximate surface area is 139 Å². The highest BCUT2D eigenvalue weighted by Gasteiger charge is 2.24. The molecular weight excluding hydrogens is 324 g/mol. The molecule has 2 atom stereocenters. The monoisotopic (exact) mass is 344 g/mol. The standard InChI is InChI=1S/C14H21ClN4S2/c1-4-19-14-12(10(3)17-19)16-13(9(2)15)18(14)7-11-8-20-5-6-21-11/h9,11H,4-8H2,1-3H3. The minimum Gasteiger partial charge on any atom is -0.311 e. The number of halogens is 1. The summed E-state index contributed by atoms with van der Waals surface area (Å²) >= 11 is 10.5. The lowest BCUT2D eigenvalue weighted by Gasteiger charge is -2.23. The van der Waals surface area contributed by atoms with E-state index >= 15 is 0 Å². The first-order chi connectivity index (χ1) is 10.1. The van der Waals surface area contributed by atoms with Gasteiger partial charge in [-0.05, 0) is 20.8 Å². The van der Waals surface area contributed by atoms with Crippen LogP contribution >= 0.6 is 35.1 Å². The van der Waals surface area contributed by atoms with Gasteiger partial charge in [-0.1, -0.05) is 0 Å². The van der Waals surface area contributed by atoms with Crippen LogP contribution in [0.5, 0.6) is 0 Å². The first-order valence-corrected chi connectivity index (χ1v) is 10.0. The van der Waals surface area contributed by atoms with Gasteiger partial charge >= 0.3 is 0 Å². The molecule has 2 aromatic heterocycles. The number of alkyl halides is 1. The number of aromatic nitrogens is 4. The maximum absolute atomic E-state index is 6.38. The van der Waals surface area contributed by atoms with Crippen LogP contribution in [-0.4, -0.2) is 41.8 Å². The van der Waals surface area contributed by atoms with Crippen molar-refractivity contribution in [2.75, 3.05) is 17.3 Å². The van der Waals surface area contributed by atoms with Crippen LogP contribution in [0.3, 0.4) is 0 Å².